The quantitative estimate of drug-likeness (QED) is 0.894. The van der Waals surface area contributed by atoms with Gasteiger partial charge in [0.15, 0.2) is 0 Å². The predicted molar refractivity (Wildman–Crippen MR) is 88.6 cm³/mol. The molecule has 2 N–H and O–H groups in total. The van der Waals surface area contributed by atoms with E-state index >= 15 is 0 Å². The van der Waals surface area contributed by atoms with E-state index in [1.165, 1.54) is 10.5 Å². The number of piperidine rings is 1. The Morgan fingerprint density at radius 2 is 2.04 bits per heavy atom. The van der Waals surface area contributed by atoms with Crippen LogP contribution in [0.3, 0.4) is 0 Å². The van der Waals surface area contributed by atoms with Gasteiger partial charge in [-0.05, 0) is 55.9 Å². The summed E-state index contributed by atoms with van der Waals surface area (Å²) in [4.78, 5) is 29.0. The summed E-state index contributed by atoms with van der Waals surface area (Å²) in [5.74, 6) is -0.821. The lowest BCUT2D eigenvalue weighted by Gasteiger charge is -2.35. The molecule has 3 rings (SSSR count). The van der Waals surface area contributed by atoms with Gasteiger partial charge in [-0.1, -0.05) is 13.0 Å². The Kier molecular flexibility index (Phi) is 3.88. The van der Waals surface area contributed by atoms with Crippen LogP contribution < -0.4 is 0 Å². The molecule has 1 aromatic carbocycles. The Morgan fingerprint density at radius 3 is 2.74 bits per heavy atom. The van der Waals surface area contributed by atoms with Crippen molar-refractivity contribution in [2.24, 2.45) is 5.92 Å². The number of benzene rings is 1. The van der Waals surface area contributed by atoms with Crippen LogP contribution in [0, 0.1) is 19.8 Å². The van der Waals surface area contributed by atoms with Crippen LogP contribution in [0.15, 0.2) is 18.2 Å². The monoisotopic (exact) mass is 314 g/mol. The number of carbonyl (C=O) groups excluding carboxylic acids is 1. The van der Waals surface area contributed by atoms with E-state index in [4.69, 9.17) is 0 Å². The number of carboxylic acid groups (broad SMARTS) is 1. The van der Waals surface area contributed by atoms with Gasteiger partial charge in [0.05, 0.1) is 0 Å². The first-order valence-electron chi connectivity index (χ1n) is 8.01. The number of H-pyrrole nitrogens is 1. The smallest absolute Gasteiger partial charge is 0.326 e. The maximum absolute atomic E-state index is 12.8. The van der Waals surface area contributed by atoms with E-state index in [-0.39, 0.29) is 5.91 Å². The third-order valence-electron chi connectivity index (χ3n) is 4.98. The van der Waals surface area contributed by atoms with E-state index in [2.05, 4.69) is 4.98 Å². The maximum Gasteiger partial charge on any atom is 0.326 e. The number of carbonyl (C=O) groups is 2. The van der Waals surface area contributed by atoms with Crippen molar-refractivity contribution in [3.63, 3.8) is 0 Å². The van der Waals surface area contributed by atoms with E-state index in [1.807, 2.05) is 39.0 Å². The van der Waals surface area contributed by atoms with Gasteiger partial charge in [0.1, 0.15) is 11.7 Å². The first-order valence-corrected chi connectivity index (χ1v) is 8.01. The predicted octanol–water partition coefficient (Wildman–Crippen LogP) is 3.11. The van der Waals surface area contributed by atoms with Gasteiger partial charge in [0.2, 0.25) is 0 Å². The highest BCUT2D eigenvalue weighted by Crippen LogP contribution is 2.27. The number of amides is 1. The molecule has 1 aliphatic rings. The van der Waals surface area contributed by atoms with Crippen LogP contribution in [0.1, 0.15) is 41.4 Å². The zero-order chi connectivity index (χ0) is 16.7. The minimum absolute atomic E-state index is 0.224. The van der Waals surface area contributed by atoms with E-state index in [0.29, 0.717) is 24.6 Å². The summed E-state index contributed by atoms with van der Waals surface area (Å²) < 4.78 is 0. The van der Waals surface area contributed by atoms with Crippen LogP contribution in [0.2, 0.25) is 0 Å². The number of hydrogen-bond acceptors (Lipinski definition) is 2. The number of aryl methyl sites for hydroxylation is 2. The van der Waals surface area contributed by atoms with Crippen LogP contribution in [0.4, 0.5) is 0 Å². The van der Waals surface area contributed by atoms with Gasteiger partial charge in [-0.15, -0.1) is 0 Å². The molecule has 122 valence electrons. The van der Waals surface area contributed by atoms with E-state index in [0.717, 1.165) is 22.9 Å². The average molecular weight is 314 g/mol. The van der Waals surface area contributed by atoms with Crippen LogP contribution in [0.25, 0.3) is 10.9 Å². The topological polar surface area (TPSA) is 73.4 Å². The number of fused-ring (bicyclic) bond motifs is 1. The SMILES string of the molecule is Cc1ccc2[nH]c(C(=O)N3CCC(C)CC3C(=O)O)cc2c1C. The Labute approximate surface area is 135 Å². The van der Waals surface area contributed by atoms with Crippen LogP contribution in [-0.4, -0.2) is 39.5 Å². The zero-order valence-electron chi connectivity index (χ0n) is 13.7. The second-order valence-corrected chi connectivity index (χ2v) is 6.63. The summed E-state index contributed by atoms with van der Waals surface area (Å²) in [6.45, 7) is 6.59. The fourth-order valence-corrected chi connectivity index (χ4v) is 3.35. The minimum Gasteiger partial charge on any atom is -0.480 e. The van der Waals surface area contributed by atoms with Gasteiger partial charge >= 0.3 is 5.97 Å². The Balaban J connectivity index is 1.96. The van der Waals surface area contributed by atoms with Gasteiger partial charge in [-0.25, -0.2) is 4.79 Å². The summed E-state index contributed by atoms with van der Waals surface area (Å²) in [6, 6.07) is 5.09. The lowest BCUT2D eigenvalue weighted by atomic mass is 9.92. The first-order chi connectivity index (χ1) is 10.9. The lowest BCUT2D eigenvalue weighted by molar-refractivity contribution is -0.144. The number of nitrogens with zero attached hydrogens (tertiary/aromatic N) is 1. The van der Waals surface area contributed by atoms with Crippen LogP contribution in [-0.2, 0) is 4.79 Å². The first kappa shape index (κ1) is 15.6. The fraction of sp³-hybridized carbons (Fsp3) is 0.444. The van der Waals surface area contributed by atoms with E-state index in [1.54, 1.807) is 0 Å². The Morgan fingerprint density at radius 1 is 1.30 bits per heavy atom. The molecule has 0 spiro atoms. The molecule has 0 radical (unpaired) electrons. The normalized spacial score (nSPS) is 21.6. The molecule has 1 aromatic heterocycles. The van der Waals surface area contributed by atoms with Crippen molar-refractivity contribution in [3.8, 4) is 0 Å². The number of aliphatic carboxylic acids is 1. The number of nitrogens with one attached hydrogen (secondary N) is 1. The molecule has 2 atom stereocenters. The number of hydrogen-bond donors (Lipinski definition) is 2. The van der Waals surface area contributed by atoms with E-state index < -0.39 is 12.0 Å². The van der Waals surface area contributed by atoms with Crippen molar-refractivity contribution in [1.29, 1.82) is 0 Å². The standard InChI is InChI=1S/C18H22N2O3/c1-10-6-7-20(16(8-10)18(22)23)17(21)15-9-13-12(3)11(2)4-5-14(13)19-15/h4-5,9-10,16,19H,6-8H2,1-3H3,(H,22,23). The molecule has 1 aliphatic heterocycles. The van der Waals surface area contributed by atoms with Gasteiger partial charge in [0.25, 0.3) is 5.91 Å². The van der Waals surface area contributed by atoms with Crippen molar-refractivity contribution < 1.29 is 14.7 Å². The third-order valence-corrected chi connectivity index (χ3v) is 4.98. The number of carboxylic acids is 1. The highest BCUT2D eigenvalue weighted by Gasteiger charge is 2.35. The molecule has 1 amide bonds. The summed E-state index contributed by atoms with van der Waals surface area (Å²) in [5.41, 5.74) is 3.69. The third kappa shape index (κ3) is 2.71. The molecule has 2 heterocycles. The fourth-order valence-electron chi connectivity index (χ4n) is 3.35. The average Bonchev–Trinajstić information content (AvgIpc) is 2.95. The second kappa shape index (κ2) is 5.72. The highest BCUT2D eigenvalue weighted by molar-refractivity contribution is 6.00. The minimum atomic E-state index is -0.923. The summed E-state index contributed by atoms with van der Waals surface area (Å²) in [7, 11) is 0. The molecule has 0 saturated carbocycles. The summed E-state index contributed by atoms with van der Waals surface area (Å²) in [6.07, 6.45) is 1.35. The molecule has 2 aromatic rings. The zero-order valence-corrected chi connectivity index (χ0v) is 13.7. The van der Waals surface area contributed by atoms with Crippen molar-refractivity contribution in [2.45, 2.75) is 39.7 Å². The second-order valence-electron chi connectivity index (χ2n) is 6.63. The van der Waals surface area contributed by atoms with Gasteiger partial charge in [0, 0.05) is 17.4 Å². The molecule has 5 nitrogen and oxygen atoms in total. The van der Waals surface area contributed by atoms with Crippen molar-refractivity contribution in [3.05, 3.63) is 35.0 Å². The molecule has 1 saturated heterocycles. The molecule has 5 heteroatoms. The van der Waals surface area contributed by atoms with Crippen molar-refractivity contribution in [2.75, 3.05) is 6.54 Å². The molecule has 1 fully saturated rings. The molecule has 23 heavy (non-hydrogen) atoms. The number of aromatic amines is 1. The largest absolute Gasteiger partial charge is 0.480 e. The van der Waals surface area contributed by atoms with Crippen LogP contribution >= 0.6 is 0 Å². The summed E-state index contributed by atoms with van der Waals surface area (Å²) >= 11 is 0. The molecule has 0 aliphatic carbocycles. The van der Waals surface area contributed by atoms with Crippen molar-refractivity contribution in [1.82, 2.24) is 9.88 Å². The Bertz CT molecular complexity index is 778. The molecular weight excluding hydrogens is 292 g/mol. The van der Waals surface area contributed by atoms with Crippen LogP contribution in [0.5, 0.6) is 0 Å². The van der Waals surface area contributed by atoms with E-state index in [9.17, 15) is 14.7 Å². The molecule has 2 unspecified atom stereocenters. The molecule has 0 bridgehead atoms. The van der Waals surface area contributed by atoms with Crippen molar-refractivity contribution >= 4 is 22.8 Å². The number of likely N-dealkylation sites (tertiary alicyclic amines) is 1. The highest BCUT2D eigenvalue weighted by atomic mass is 16.4. The van der Waals surface area contributed by atoms with Gasteiger partial charge < -0.3 is 15.0 Å². The summed E-state index contributed by atoms with van der Waals surface area (Å²) in [5, 5.41) is 10.5. The molecular formula is C18H22N2O3. The number of rotatable bonds is 2. The lowest BCUT2D eigenvalue weighted by Crippen LogP contribution is -2.49. The maximum atomic E-state index is 12.8. The number of aromatic nitrogens is 1. The van der Waals surface area contributed by atoms with Gasteiger partial charge in [-0.3, -0.25) is 4.79 Å². The van der Waals surface area contributed by atoms with Gasteiger partial charge in [-0.2, -0.15) is 0 Å². The Hall–Kier alpha value is -2.30.